The lowest BCUT2D eigenvalue weighted by atomic mass is 9.69. The van der Waals surface area contributed by atoms with E-state index in [1.54, 1.807) is 0 Å². The molecule has 2 nitrogen and oxygen atoms in total. The van der Waals surface area contributed by atoms with Gasteiger partial charge in [-0.15, -0.1) is 0 Å². The molecule has 0 radical (unpaired) electrons. The number of hydrogen-bond donors (Lipinski definition) is 0. The minimum Gasteiger partial charge on any atom is -0.377 e. The minimum absolute atomic E-state index is 0.335. The molecule has 0 saturated carbocycles. The molecule has 1 rings (SSSR count). The van der Waals surface area contributed by atoms with Crippen molar-refractivity contribution in [1.29, 1.82) is 0 Å². The summed E-state index contributed by atoms with van der Waals surface area (Å²) in [5.74, 6) is 1.68. The highest BCUT2D eigenvalue weighted by Crippen LogP contribution is 2.42. The third-order valence-corrected chi connectivity index (χ3v) is 5.07. The Morgan fingerprint density at radius 1 is 0.952 bits per heavy atom. The van der Waals surface area contributed by atoms with Crippen LogP contribution in [0.2, 0.25) is 0 Å². The van der Waals surface area contributed by atoms with Gasteiger partial charge in [-0.25, -0.2) is 0 Å². The number of hydrogen-bond acceptors (Lipinski definition) is 2. The van der Waals surface area contributed by atoms with E-state index in [-0.39, 0.29) is 0 Å². The highest BCUT2D eigenvalue weighted by Gasteiger charge is 2.49. The Labute approximate surface area is 134 Å². The Kier molecular flexibility index (Phi) is 11.4. The molecule has 0 aromatic carbocycles. The van der Waals surface area contributed by atoms with Gasteiger partial charge in [0.1, 0.15) is 0 Å². The predicted octanol–water partition coefficient (Wildman–Crippen LogP) is 5.37. The standard InChI is InChI=1S/C17H35NO.C2H6/c1-6-10-15(9-4)16(11-7-2)17(13-19-14-17)18(5)12-8-3;1-2/h15-16H,6-14H2,1-5H3;1-2H3. The summed E-state index contributed by atoms with van der Waals surface area (Å²) < 4.78 is 5.66. The quantitative estimate of drug-likeness (QED) is 0.538. The van der Waals surface area contributed by atoms with Crippen LogP contribution in [0.15, 0.2) is 0 Å². The van der Waals surface area contributed by atoms with Crippen LogP contribution in [-0.4, -0.2) is 37.2 Å². The highest BCUT2D eigenvalue weighted by molar-refractivity contribution is 5.02. The van der Waals surface area contributed by atoms with Crippen LogP contribution in [-0.2, 0) is 4.74 Å². The van der Waals surface area contributed by atoms with Gasteiger partial charge in [0.25, 0.3) is 0 Å². The summed E-state index contributed by atoms with van der Waals surface area (Å²) >= 11 is 0. The first-order valence-electron chi connectivity index (χ1n) is 9.45. The first-order valence-corrected chi connectivity index (χ1v) is 9.45. The molecule has 2 atom stereocenters. The molecule has 2 unspecified atom stereocenters. The van der Waals surface area contributed by atoms with E-state index in [0.717, 1.165) is 25.0 Å². The van der Waals surface area contributed by atoms with Crippen molar-refractivity contribution in [3.63, 3.8) is 0 Å². The first kappa shape index (κ1) is 20.9. The molecule has 1 saturated heterocycles. The van der Waals surface area contributed by atoms with Crippen molar-refractivity contribution in [2.75, 3.05) is 26.8 Å². The van der Waals surface area contributed by atoms with Crippen molar-refractivity contribution in [2.24, 2.45) is 11.8 Å². The lowest BCUT2D eigenvalue weighted by Crippen LogP contribution is -2.66. The van der Waals surface area contributed by atoms with Gasteiger partial charge in [0.15, 0.2) is 0 Å². The van der Waals surface area contributed by atoms with Crippen LogP contribution in [0.25, 0.3) is 0 Å². The van der Waals surface area contributed by atoms with Crippen LogP contribution >= 0.6 is 0 Å². The Hall–Kier alpha value is -0.0800. The molecule has 128 valence electrons. The number of likely N-dealkylation sites (N-methyl/N-ethyl adjacent to an activating group) is 1. The molecule has 0 bridgehead atoms. The fourth-order valence-corrected chi connectivity index (χ4v) is 3.90. The second-order valence-corrected chi connectivity index (χ2v) is 6.37. The van der Waals surface area contributed by atoms with Gasteiger partial charge < -0.3 is 4.74 Å². The maximum atomic E-state index is 5.66. The second kappa shape index (κ2) is 11.5. The van der Waals surface area contributed by atoms with E-state index < -0.39 is 0 Å². The van der Waals surface area contributed by atoms with Crippen molar-refractivity contribution < 1.29 is 4.74 Å². The topological polar surface area (TPSA) is 12.5 Å². The van der Waals surface area contributed by atoms with Crippen molar-refractivity contribution in [3.8, 4) is 0 Å². The molecule has 2 heteroatoms. The third-order valence-electron chi connectivity index (χ3n) is 5.07. The lowest BCUT2D eigenvalue weighted by molar-refractivity contribution is -0.174. The van der Waals surface area contributed by atoms with Gasteiger partial charge in [-0.1, -0.05) is 67.2 Å². The summed E-state index contributed by atoms with van der Waals surface area (Å²) in [6.07, 6.45) is 7.90. The van der Waals surface area contributed by atoms with Gasteiger partial charge >= 0.3 is 0 Å². The van der Waals surface area contributed by atoms with Crippen LogP contribution < -0.4 is 0 Å². The Morgan fingerprint density at radius 2 is 1.52 bits per heavy atom. The highest BCUT2D eigenvalue weighted by atomic mass is 16.5. The molecular formula is C19H41NO. The average molecular weight is 300 g/mol. The minimum atomic E-state index is 0.335. The van der Waals surface area contributed by atoms with Crippen LogP contribution in [0.4, 0.5) is 0 Å². The summed E-state index contributed by atoms with van der Waals surface area (Å²) in [6.45, 7) is 16.4. The zero-order valence-electron chi connectivity index (χ0n) is 15.9. The Bertz CT molecular complexity index is 238. The monoisotopic (exact) mass is 299 g/mol. The molecule has 0 aromatic heterocycles. The zero-order valence-corrected chi connectivity index (χ0v) is 15.9. The van der Waals surface area contributed by atoms with Crippen molar-refractivity contribution in [2.45, 2.75) is 85.6 Å². The summed E-state index contributed by atoms with van der Waals surface area (Å²) in [7, 11) is 2.31. The summed E-state index contributed by atoms with van der Waals surface area (Å²) in [5, 5.41) is 0. The second-order valence-electron chi connectivity index (χ2n) is 6.37. The van der Waals surface area contributed by atoms with Gasteiger partial charge in [-0.2, -0.15) is 0 Å². The summed E-state index contributed by atoms with van der Waals surface area (Å²) in [5.41, 5.74) is 0.335. The lowest BCUT2D eigenvalue weighted by Gasteiger charge is -2.55. The number of ether oxygens (including phenoxy) is 1. The van der Waals surface area contributed by atoms with Crippen molar-refractivity contribution in [1.82, 2.24) is 4.90 Å². The van der Waals surface area contributed by atoms with E-state index in [0.29, 0.717) is 5.54 Å². The summed E-state index contributed by atoms with van der Waals surface area (Å²) in [4.78, 5) is 2.61. The van der Waals surface area contributed by atoms with Gasteiger partial charge in [-0.05, 0) is 38.3 Å². The van der Waals surface area contributed by atoms with Gasteiger partial charge in [-0.3, -0.25) is 4.90 Å². The first-order chi connectivity index (χ1) is 10.2. The number of rotatable bonds is 10. The molecule has 1 fully saturated rings. The van der Waals surface area contributed by atoms with Gasteiger partial charge in [0.2, 0.25) is 0 Å². The number of nitrogens with zero attached hydrogens (tertiary/aromatic N) is 1. The van der Waals surface area contributed by atoms with E-state index >= 15 is 0 Å². The van der Waals surface area contributed by atoms with Gasteiger partial charge in [0, 0.05) is 0 Å². The fourth-order valence-electron chi connectivity index (χ4n) is 3.90. The van der Waals surface area contributed by atoms with Crippen molar-refractivity contribution >= 4 is 0 Å². The van der Waals surface area contributed by atoms with Gasteiger partial charge in [0.05, 0.1) is 18.8 Å². The van der Waals surface area contributed by atoms with Crippen LogP contribution in [0.5, 0.6) is 0 Å². The SMILES string of the molecule is CC.CCCC(CC)C(CCC)C1(N(C)CCC)COC1. The molecule has 0 aliphatic carbocycles. The van der Waals surface area contributed by atoms with E-state index in [2.05, 4.69) is 39.6 Å². The van der Waals surface area contributed by atoms with Crippen LogP contribution in [0.3, 0.4) is 0 Å². The van der Waals surface area contributed by atoms with E-state index in [9.17, 15) is 0 Å². The molecule has 1 aliphatic heterocycles. The average Bonchev–Trinajstić information content (AvgIpc) is 2.45. The maximum absolute atomic E-state index is 5.66. The molecule has 0 N–H and O–H groups in total. The van der Waals surface area contributed by atoms with Crippen LogP contribution in [0, 0.1) is 11.8 Å². The normalized spacial score (nSPS) is 19.4. The summed E-state index contributed by atoms with van der Waals surface area (Å²) in [6, 6.07) is 0. The largest absolute Gasteiger partial charge is 0.377 e. The van der Waals surface area contributed by atoms with E-state index in [4.69, 9.17) is 4.74 Å². The van der Waals surface area contributed by atoms with Crippen LogP contribution in [0.1, 0.15) is 80.1 Å². The molecule has 1 heterocycles. The predicted molar refractivity (Wildman–Crippen MR) is 94.9 cm³/mol. The fraction of sp³-hybridized carbons (Fsp3) is 1.00. The molecule has 0 aromatic rings. The third kappa shape index (κ3) is 5.25. The zero-order chi connectivity index (χ0) is 16.3. The van der Waals surface area contributed by atoms with Crippen molar-refractivity contribution in [3.05, 3.63) is 0 Å². The smallest absolute Gasteiger partial charge is 0.0707 e. The molecular weight excluding hydrogens is 258 g/mol. The Morgan fingerprint density at radius 3 is 1.86 bits per heavy atom. The Balaban J connectivity index is 0.00000191. The maximum Gasteiger partial charge on any atom is 0.0707 e. The molecule has 0 amide bonds. The molecule has 0 spiro atoms. The van der Waals surface area contributed by atoms with E-state index in [1.165, 1.54) is 45.1 Å². The molecule has 1 aliphatic rings. The van der Waals surface area contributed by atoms with E-state index in [1.807, 2.05) is 13.8 Å². The molecule has 21 heavy (non-hydrogen) atoms.